The number of hydrogen-bond acceptors (Lipinski definition) is 7. The number of hydrazine groups is 1. The largest absolute Gasteiger partial charge is 0.357 e. The molecule has 5 N–H and O–H groups in total. The Morgan fingerprint density at radius 3 is 2.60 bits per heavy atom. The summed E-state index contributed by atoms with van der Waals surface area (Å²) in [7, 11) is -4.12. The quantitative estimate of drug-likeness (QED) is 0.360. The Morgan fingerprint density at radius 1 is 1.32 bits per heavy atom. The molecule has 0 unspecified atom stereocenters. The van der Waals surface area contributed by atoms with Gasteiger partial charge in [0, 0.05) is 10.9 Å². The first kappa shape index (κ1) is 19.3. The van der Waals surface area contributed by atoms with E-state index in [0.717, 1.165) is 17.8 Å². The number of hydroxylamine groups is 1. The van der Waals surface area contributed by atoms with Crippen molar-refractivity contribution in [2.45, 2.75) is 29.7 Å². The SMILES string of the molecule is CC(C)NC(=O)c1cc2c(cc1Cl)SC(NNC(=O)NO)=NS2(=O)=O. The molecular formula is C12H14ClN5O5S2. The smallest absolute Gasteiger partial charge is 0.350 e. The van der Waals surface area contributed by atoms with Crippen LogP contribution in [0, 0.1) is 0 Å². The van der Waals surface area contributed by atoms with Gasteiger partial charge in [-0.1, -0.05) is 11.6 Å². The van der Waals surface area contributed by atoms with Crippen molar-refractivity contribution in [1.29, 1.82) is 0 Å². The van der Waals surface area contributed by atoms with Crippen LogP contribution in [0.25, 0.3) is 0 Å². The van der Waals surface area contributed by atoms with Gasteiger partial charge in [0.25, 0.3) is 15.9 Å². The standard InChI is InChI=1S/C12H14ClN5O5S2/c1-5(2)14-10(19)6-3-9-8(4-7(6)13)24-12(18-25(9,22)23)16-15-11(20)17-21/h3-5,21H,1-2H3,(H,14,19)(H,16,18)(H2,15,17,20). The molecule has 0 atom stereocenters. The number of nitrogens with zero attached hydrogens (tertiary/aromatic N) is 1. The molecule has 0 radical (unpaired) electrons. The van der Waals surface area contributed by atoms with Gasteiger partial charge in [0.2, 0.25) is 0 Å². The summed E-state index contributed by atoms with van der Waals surface area (Å²) in [5.41, 5.74) is 5.53. The second-order valence-electron chi connectivity index (χ2n) is 5.07. The van der Waals surface area contributed by atoms with Crippen molar-refractivity contribution in [2.75, 3.05) is 0 Å². The van der Waals surface area contributed by atoms with Crippen molar-refractivity contribution in [3.63, 3.8) is 0 Å². The number of carbonyl (C=O) groups is 2. The summed E-state index contributed by atoms with van der Waals surface area (Å²) >= 11 is 6.97. The highest BCUT2D eigenvalue weighted by Gasteiger charge is 2.29. The molecule has 13 heteroatoms. The molecule has 1 aromatic carbocycles. The summed E-state index contributed by atoms with van der Waals surface area (Å²) in [5, 5.41) is 10.9. The summed E-state index contributed by atoms with van der Waals surface area (Å²) in [5.74, 6) is -0.503. The number of benzene rings is 1. The lowest BCUT2D eigenvalue weighted by molar-refractivity contribution is 0.0943. The maximum absolute atomic E-state index is 12.3. The van der Waals surface area contributed by atoms with Crippen LogP contribution in [0.1, 0.15) is 24.2 Å². The molecule has 0 aliphatic carbocycles. The number of carbonyl (C=O) groups excluding carboxylic acids is 2. The Kier molecular flexibility index (Phi) is 5.77. The fourth-order valence-electron chi connectivity index (χ4n) is 1.80. The Balaban J connectivity index is 2.35. The molecule has 1 aromatic rings. The van der Waals surface area contributed by atoms with Crippen LogP contribution in [0.15, 0.2) is 26.3 Å². The number of amidine groups is 1. The average Bonchev–Trinajstić information content (AvgIpc) is 2.50. The number of thioether (sulfide) groups is 1. The first-order chi connectivity index (χ1) is 11.6. The normalized spacial score (nSPS) is 15.0. The van der Waals surface area contributed by atoms with Crippen molar-refractivity contribution in [2.24, 2.45) is 4.40 Å². The topological polar surface area (TPSA) is 149 Å². The van der Waals surface area contributed by atoms with E-state index in [1.54, 1.807) is 13.8 Å². The molecule has 1 heterocycles. The van der Waals surface area contributed by atoms with E-state index in [-0.39, 0.29) is 31.6 Å². The van der Waals surface area contributed by atoms with Crippen LogP contribution in [0.4, 0.5) is 4.79 Å². The zero-order valence-corrected chi connectivity index (χ0v) is 15.3. The molecule has 0 saturated carbocycles. The number of nitrogens with one attached hydrogen (secondary N) is 4. The average molecular weight is 408 g/mol. The molecule has 0 fully saturated rings. The summed E-state index contributed by atoms with van der Waals surface area (Å²) in [6.07, 6.45) is 0. The van der Waals surface area contributed by atoms with Gasteiger partial charge in [-0.05, 0) is 37.7 Å². The summed E-state index contributed by atoms with van der Waals surface area (Å²) in [6, 6.07) is 1.33. The van der Waals surface area contributed by atoms with Crippen LogP contribution in [0.3, 0.4) is 0 Å². The van der Waals surface area contributed by atoms with Crippen LogP contribution < -0.4 is 21.6 Å². The predicted molar refractivity (Wildman–Crippen MR) is 91.1 cm³/mol. The molecule has 136 valence electrons. The van der Waals surface area contributed by atoms with Crippen molar-refractivity contribution < 1.29 is 23.2 Å². The zero-order chi connectivity index (χ0) is 18.8. The minimum absolute atomic E-state index is 0.0164. The van der Waals surface area contributed by atoms with Gasteiger partial charge in [-0.25, -0.2) is 15.7 Å². The predicted octanol–water partition coefficient (Wildman–Crippen LogP) is 0.822. The fraction of sp³-hybridized carbons (Fsp3) is 0.250. The van der Waals surface area contributed by atoms with Crippen molar-refractivity contribution >= 4 is 50.5 Å². The van der Waals surface area contributed by atoms with Crippen LogP contribution in [-0.2, 0) is 10.0 Å². The van der Waals surface area contributed by atoms with Gasteiger partial charge in [-0.15, -0.1) is 4.40 Å². The third-order valence-electron chi connectivity index (χ3n) is 2.77. The summed E-state index contributed by atoms with van der Waals surface area (Å²) < 4.78 is 28.1. The molecule has 25 heavy (non-hydrogen) atoms. The molecule has 10 nitrogen and oxygen atoms in total. The number of halogens is 1. The van der Waals surface area contributed by atoms with Gasteiger partial charge in [-0.3, -0.25) is 15.4 Å². The molecule has 1 aliphatic rings. The van der Waals surface area contributed by atoms with Gasteiger partial charge in [0.1, 0.15) is 4.90 Å². The van der Waals surface area contributed by atoms with Crippen LogP contribution in [-0.4, -0.2) is 36.8 Å². The van der Waals surface area contributed by atoms with Gasteiger partial charge < -0.3 is 5.32 Å². The van der Waals surface area contributed by atoms with E-state index in [4.69, 9.17) is 16.8 Å². The molecular weight excluding hydrogens is 394 g/mol. The van der Waals surface area contributed by atoms with Crippen LogP contribution in [0.2, 0.25) is 5.02 Å². The molecule has 3 amide bonds. The molecule has 1 aliphatic heterocycles. The van der Waals surface area contributed by atoms with E-state index in [2.05, 4.69) is 15.1 Å². The monoisotopic (exact) mass is 407 g/mol. The maximum Gasteiger partial charge on any atom is 0.357 e. The number of sulfonamides is 1. The van der Waals surface area contributed by atoms with E-state index >= 15 is 0 Å². The van der Waals surface area contributed by atoms with Crippen LogP contribution >= 0.6 is 23.4 Å². The molecule has 2 rings (SSSR count). The highest BCUT2D eigenvalue weighted by atomic mass is 35.5. The fourth-order valence-corrected chi connectivity index (χ4v) is 4.59. The Morgan fingerprint density at radius 2 is 2.00 bits per heavy atom. The maximum atomic E-state index is 12.3. The van der Waals surface area contributed by atoms with Gasteiger partial charge in [-0.2, -0.15) is 8.42 Å². The van der Waals surface area contributed by atoms with Crippen molar-refractivity contribution in [3.05, 3.63) is 22.7 Å². The molecule has 0 bridgehead atoms. The highest BCUT2D eigenvalue weighted by molar-refractivity contribution is 8.15. The minimum Gasteiger partial charge on any atom is -0.350 e. The molecule has 0 saturated heterocycles. The Bertz CT molecular complexity index is 856. The third kappa shape index (κ3) is 4.54. The van der Waals surface area contributed by atoms with E-state index in [1.807, 2.05) is 5.43 Å². The van der Waals surface area contributed by atoms with Gasteiger partial charge in [0.15, 0.2) is 5.17 Å². The van der Waals surface area contributed by atoms with E-state index in [9.17, 15) is 18.0 Å². The highest BCUT2D eigenvalue weighted by Crippen LogP contribution is 2.37. The Hall–Kier alpha value is -2.02. The second-order valence-corrected chi connectivity index (χ2v) is 8.08. The van der Waals surface area contributed by atoms with Crippen molar-refractivity contribution in [1.82, 2.24) is 21.6 Å². The zero-order valence-electron chi connectivity index (χ0n) is 13.0. The number of urea groups is 1. The van der Waals surface area contributed by atoms with E-state index in [0.29, 0.717) is 0 Å². The lowest BCUT2D eigenvalue weighted by Crippen LogP contribution is -2.45. The van der Waals surface area contributed by atoms with E-state index < -0.39 is 22.0 Å². The number of fused-ring (bicyclic) bond motifs is 1. The Labute approximate surface area is 152 Å². The number of hydrogen-bond donors (Lipinski definition) is 5. The lowest BCUT2D eigenvalue weighted by Gasteiger charge is -2.18. The summed E-state index contributed by atoms with van der Waals surface area (Å²) in [6.45, 7) is 3.52. The first-order valence-corrected chi connectivity index (χ1v) is 9.41. The van der Waals surface area contributed by atoms with Crippen molar-refractivity contribution in [3.8, 4) is 0 Å². The molecule has 0 spiro atoms. The number of rotatable bonds is 2. The van der Waals surface area contributed by atoms with E-state index in [1.165, 1.54) is 11.5 Å². The molecule has 0 aromatic heterocycles. The first-order valence-electron chi connectivity index (χ1n) is 6.77. The van der Waals surface area contributed by atoms with Gasteiger partial charge >= 0.3 is 6.03 Å². The lowest BCUT2D eigenvalue weighted by atomic mass is 10.2. The third-order valence-corrected chi connectivity index (χ3v) is 5.59. The minimum atomic E-state index is -4.12. The van der Waals surface area contributed by atoms with Crippen LogP contribution in [0.5, 0.6) is 0 Å². The summed E-state index contributed by atoms with van der Waals surface area (Å²) in [4.78, 5) is 23.1. The number of amides is 3. The second kappa shape index (κ2) is 7.47. The van der Waals surface area contributed by atoms with Gasteiger partial charge in [0.05, 0.1) is 10.6 Å².